The molecule has 9 heteroatoms. The van der Waals surface area contributed by atoms with Crippen LogP contribution in [0.1, 0.15) is 33.1 Å². The number of rotatable bonds is 7. The van der Waals surface area contributed by atoms with Gasteiger partial charge in [-0.15, -0.1) is 0 Å². The van der Waals surface area contributed by atoms with Gasteiger partial charge in [-0.1, -0.05) is 25.4 Å². The summed E-state index contributed by atoms with van der Waals surface area (Å²) in [5.41, 5.74) is 0.510. The first-order valence-electron chi connectivity index (χ1n) is 10.3. The number of piperidine rings is 1. The molecule has 2 saturated heterocycles. The van der Waals surface area contributed by atoms with Crippen LogP contribution < -0.4 is 15.4 Å². The molecule has 3 rings (SSSR count). The zero-order chi connectivity index (χ0) is 21.8. The number of imide groups is 1. The van der Waals surface area contributed by atoms with E-state index in [-0.39, 0.29) is 24.3 Å². The minimum atomic E-state index is -0.459. The van der Waals surface area contributed by atoms with Crippen molar-refractivity contribution in [2.24, 2.45) is 11.8 Å². The van der Waals surface area contributed by atoms with Gasteiger partial charge in [0.15, 0.2) is 0 Å². The molecule has 4 amide bonds. The number of halogens is 1. The molecule has 0 bridgehead atoms. The molecule has 0 spiro atoms. The van der Waals surface area contributed by atoms with E-state index >= 15 is 0 Å². The number of nitrogens with zero attached hydrogens (tertiary/aromatic N) is 2. The van der Waals surface area contributed by atoms with Gasteiger partial charge in [-0.05, 0) is 49.9 Å². The molecule has 2 aliphatic rings. The first-order valence-corrected chi connectivity index (χ1v) is 10.7. The van der Waals surface area contributed by atoms with Crippen LogP contribution in [0.15, 0.2) is 18.2 Å². The number of hydrogen-bond acceptors (Lipinski definition) is 5. The summed E-state index contributed by atoms with van der Waals surface area (Å²) >= 11 is 6.12. The summed E-state index contributed by atoms with van der Waals surface area (Å²) in [4.78, 5) is 41.5. The molecule has 8 nitrogen and oxygen atoms in total. The fraction of sp³-hybridized carbons (Fsp3) is 0.571. The van der Waals surface area contributed by atoms with E-state index in [4.69, 9.17) is 16.3 Å². The third kappa shape index (κ3) is 4.87. The number of hydrogen-bond donors (Lipinski definition) is 2. The second kappa shape index (κ2) is 9.66. The van der Waals surface area contributed by atoms with Gasteiger partial charge in [0, 0.05) is 12.2 Å². The topological polar surface area (TPSA) is 91.0 Å². The number of carbonyl (C=O) groups excluding carboxylic acids is 3. The molecule has 164 valence electrons. The highest BCUT2D eigenvalue weighted by Crippen LogP contribution is 2.29. The lowest BCUT2D eigenvalue weighted by Crippen LogP contribution is -2.68. The highest BCUT2D eigenvalue weighted by Gasteiger charge is 2.47. The van der Waals surface area contributed by atoms with Gasteiger partial charge < -0.3 is 10.1 Å². The Morgan fingerprint density at radius 3 is 2.80 bits per heavy atom. The Balaban J connectivity index is 1.74. The molecule has 30 heavy (non-hydrogen) atoms. The van der Waals surface area contributed by atoms with E-state index in [1.807, 2.05) is 0 Å². The summed E-state index contributed by atoms with van der Waals surface area (Å²) in [5, 5.41) is 6.40. The molecule has 2 atom stereocenters. The molecule has 0 aliphatic carbocycles. The Hall–Kier alpha value is -2.32. The monoisotopic (exact) mass is 436 g/mol. The summed E-state index contributed by atoms with van der Waals surface area (Å²) in [6.45, 7) is 5.02. The molecule has 1 aromatic carbocycles. The lowest BCUT2D eigenvalue weighted by Gasteiger charge is -2.46. The molecule has 0 aromatic heterocycles. The van der Waals surface area contributed by atoms with Gasteiger partial charge in [0.25, 0.3) is 0 Å². The molecule has 2 N–H and O–H groups in total. The second-order valence-corrected chi connectivity index (χ2v) is 8.54. The van der Waals surface area contributed by atoms with Crippen LogP contribution in [0.4, 0.5) is 10.5 Å². The van der Waals surface area contributed by atoms with Gasteiger partial charge >= 0.3 is 6.03 Å². The van der Waals surface area contributed by atoms with Gasteiger partial charge in [-0.25, -0.2) is 4.79 Å². The summed E-state index contributed by atoms with van der Waals surface area (Å²) in [7, 11) is 1.52. The number of anilines is 1. The predicted molar refractivity (Wildman–Crippen MR) is 114 cm³/mol. The minimum absolute atomic E-state index is 0.142. The summed E-state index contributed by atoms with van der Waals surface area (Å²) in [6.07, 6.45) is 1.84. The van der Waals surface area contributed by atoms with E-state index in [0.717, 1.165) is 12.8 Å². The van der Waals surface area contributed by atoms with E-state index in [0.29, 0.717) is 41.9 Å². The van der Waals surface area contributed by atoms with Crippen molar-refractivity contribution >= 4 is 35.1 Å². The maximum atomic E-state index is 13.1. The number of fused-ring (bicyclic) bond motifs is 1. The molecule has 2 heterocycles. The Morgan fingerprint density at radius 2 is 2.13 bits per heavy atom. The number of benzene rings is 1. The van der Waals surface area contributed by atoms with Crippen LogP contribution in [0.25, 0.3) is 0 Å². The Morgan fingerprint density at radius 1 is 1.37 bits per heavy atom. The van der Waals surface area contributed by atoms with Crippen LogP contribution in [0.2, 0.25) is 5.02 Å². The van der Waals surface area contributed by atoms with E-state index in [9.17, 15) is 14.4 Å². The third-order valence-corrected chi connectivity index (χ3v) is 5.80. The van der Waals surface area contributed by atoms with Gasteiger partial charge in [-0.3, -0.25) is 24.7 Å². The Bertz CT molecular complexity index is 816. The third-order valence-electron chi connectivity index (χ3n) is 5.50. The first-order chi connectivity index (χ1) is 14.3. The normalized spacial score (nSPS) is 21.6. The zero-order valence-electron chi connectivity index (χ0n) is 17.6. The van der Waals surface area contributed by atoms with Crippen molar-refractivity contribution in [1.82, 2.24) is 15.1 Å². The Labute approximate surface area is 181 Å². The molecule has 1 aromatic rings. The molecular weight excluding hydrogens is 408 g/mol. The van der Waals surface area contributed by atoms with E-state index < -0.39 is 12.2 Å². The van der Waals surface area contributed by atoms with Crippen molar-refractivity contribution in [3.8, 4) is 5.75 Å². The predicted octanol–water partition coefficient (Wildman–Crippen LogP) is 2.92. The Kier molecular flexibility index (Phi) is 7.20. The average molecular weight is 437 g/mol. The van der Waals surface area contributed by atoms with E-state index in [1.165, 1.54) is 16.9 Å². The summed E-state index contributed by atoms with van der Waals surface area (Å²) in [6, 6.07) is 4.52. The van der Waals surface area contributed by atoms with Gasteiger partial charge in [0.2, 0.25) is 11.8 Å². The van der Waals surface area contributed by atoms with Gasteiger partial charge in [0.1, 0.15) is 12.3 Å². The van der Waals surface area contributed by atoms with Crippen LogP contribution in [0.5, 0.6) is 5.75 Å². The molecule has 2 fully saturated rings. The fourth-order valence-electron chi connectivity index (χ4n) is 3.88. The smallest absolute Gasteiger partial charge is 0.328 e. The maximum Gasteiger partial charge on any atom is 0.328 e. The number of amides is 4. The van der Waals surface area contributed by atoms with Crippen LogP contribution in [-0.4, -0.2) is 60.6 Å². The number of nitrogens with one attached hydrogen (secondary N) is 2. The van der Waals surface area contributed by atoms with Crippen molar-refractivity contribution in [2.45, 2.75) is 39.3 Å². The van der Waals surface area contributed by atoms with Gasteiger partial charge in [0.05, 0.1) is 24.2 Å². The highest BCUT2D eigenvalue weighted by atomic mass is 35.5. The summed E-state index contributed by atoms with van der Waals surface area (Å²) in [5.74, 6) is 0.0518. The standard InChI is InChI=1S/C21H29ClN4O4/c1-13(2)8-10-25-20(28)15-5-4-9-23-19(15)26(21(25)29)12-18(27)24-14-6-7-17(30-3)16(22)11-14/h6-7,11,13,15,19,23H,4-5,8-10,12H2,1-3H3,(H,24,27). The number of ether oxygens (including phenoxy) is 1. The lowest BCUT2D eigenvalue weighted by atomic mass is 9.91. The number of methoxy groups -OCH3 is 1. The molecule has 0 radical (unpaired) electrons. The SMILES string of the molecule is COc1ccc(NC(=O)CN2C(=O)N(CCC(C)C)C(=O)C3CCCNC32)cc1Cl. The maximum absolute atomic E-state index is 13.1. The number of carbonyl (C=O) groups is 3. The quantitative estimate of drug-likeness (QED) is 0.685. The van der Waals surface area contributed by atoms with Crippen molar-refractivity contribution in [3.05, 3.63) is 23.2 Å². The molecule has 2 unspecified atom stereocenters. The molecule has 0 saturated carbocycles. The zero-order valence-corrected chi connectivity index (χ0v) is 18.4. The van der Waals surface area contributed by atoms with Crippen LogP contribution in [-0.2, 0) is 9.59 Å². The second-order valence-electron chi connectivity index (χ2n) is 8.13. The highest BCUT2D eigenvalue weighted by molar-refractivity contribution is 6.32. The van der Waals surface area contributed by atoms with E-state index in [1.54, 1.807) is 18.2 Å². The first kappa shape index (κ1) is 22.4. The minimum Gasteiger partial charge on any atom is -0.495 e. The van der Waals surface area contributed by atoms with Crippen molar-refractivity contribution < 1.29 is 19.1 Å². The molecule has 2 aliphatic heterocycles. The van der Waals surface area contributed by atoms with Crippen molar-refractivity contribution in [3.63, 3.8) is 0 Å². The van der Waals surface area contributed by atoms with Crippen LogP contribution >= 0.6 is 11.6 Å². The largest absolute Gasteiger partial charge is 0.495 e. The lowest BCUT2D eigenvalue weighted by molar-refractivity contribution is -0.142. The van der Waals surface area contributed by atoms with Crippen molar-refractivity contribution in [1.29, 1.82) is 0 Å². The average Bonchev–Trinajstić information content (AvgIpc) is 2.71. The van der Waals surface area contributed by atoms with Crippen molar-refractivity contribution in [2.75, 3.05) is 32.1 Å². The molecular formula is C21H29ClN4O4. The van der Waals surface area contributed by atoms with Crippen LogP contribution in [0.3, 0.4) is 0 Å². The fourth-order valence-corrected chi connectivity index (χ4v) is 4.14. The van der Waals surface area contributed by atoms with E-state index in [2.05, 4.69) is 24.5 Å². The van der Waals surface area contributed by atoms with Gasteiger partial charge in [-0.2, -0.15) is 0 Å². The summed E-state index contributed by atoms with van der Waals surface area (Å²) < 4.78 is 5.12. The number of urea groups is 1. The van der Waals surface area contributed by atoms with Crippen LogP contribution in [0, 0.1) is 11.8 Å².